The smallest absolute Gasteiger partial charge is 0.161 e. The van der Waals surface area contributed by atoms with Crippen LogP contribution in [0.5, 0.6) is 0 Å². The highest BCUT2D eigenvalue weighted by atomic mass is 15.5. The van der Waals surface area contributed by atoms with Gasteiger partial charge in [0.15, 0.2) is 5.82 Å². The summed E-state index contributed by atoms with van der Waals surface area (Å²) in [6.07, 6.45) is 5.79. The number of aromatic nitrogens is 2. The first-order chi connectivity index (χ1) is 20.7. The molecule has 6 heteroatoms. The van der Waals surface area contributed by atoms with Crippen LogP contribution in [0.2, 0.25) is 0 Å². The van der Waals surface area contributed by atoms with Crippen LogP contribution >= 0.6 is 0 Å². The van der Waals surface area contributed by atoms with Gasteiger partial charge in [0.25, 0.3) is 0 Å². The van der Waals surface area contributed by atoms with Gasteiger partial charge >= 0.3 is 0 Å². The van der Waals surface area contributed by atoms with Crippen molar-refractivity contribution in [3.05, 3.63) is 127 Å². The average Bonchev–Trinajstić information content (AvgIpc) is 3.52. The van der Waals surface area contributed by atoms with Crippen molar-refractivity contribution in [3.8, 4) is 0 Å². The lowest BCUT2D eigenvalue weighted by atomic mass is 9.62. The molecule has 0 saturated heterocycles. The molecule has 206 valence electrons. The zero-order valence-corrected chi connectivity index (χ0v) is 23.8. The van der Waals surface area contributed by atoms with Gasteiger partial charge in [-0.3, -0.25) is 0 Å². The van der Waals surface area contributed by atoms with Gasteiger partial charge in [-0.15, -0.1) is 0 Å². The number of fused-ring (bicyclic) bond motifs is 14. The Morgan fingerprint density at radius 1 is 0.667 bits per heavy atom. The first-order valence-corrected chi connectivity index (χ1v) is 14.9. The highest BCUT2D eigenvalue weighted by Crippen LogP contribution is 2.62. The van der Waals surface area contributed by atoms with E-state index in [0.29, 0.717) is 0 Å². The fourth-order valence-corrected chi connectivity index (χ4v) is 8.41. The van der Waals surface area contributed by atoms with Gasteiger partial charge < -0.3 is 19.6 Å². The molecule has 4 aliphatic rings. The molecular formula is C36H32N6. The van der Waals surface area contributed by atoms with Crippen LogP contribution in [-0.2, 0) is 11.8 Å². The van der Waals surface area contributed by atoms with Crippen LogP contribution in [0.25, 0.3) is 0 Å². The van der Waals surface area contributed by atoms with Crippen molar-refractivity contribution >= 4 is 39.9 Å². The molecule has 4 aromatic carbocycles. The molecule has 5 heterocycles. The van der Waals surface area contributed by atoms with Crippen LogP contribution in [0.15, 0.2) is 116 Å². The molecule has 0 N–H and O–H groups in total. The minimum absolute atomic E-state index is 0.0181. The molecule has 9 rings (SSSR count). The summed E-state index contributed by atoms with van der Waals surface area (Å²) >= 11 is 0. The van der Waals surface area contributed by atoms with Crippen LogP contribution in [-0.4, -0.2) is 29.3 Å². The fraction of sp³-hybridized carbons (Fsp3) is 0.222. The van der Waals surface area contributed by atoms with E-state index in [9.17, 15) is 0 Å². The van der Waals surface area contributed by atoms with Crippen LogP contribution in [0.4, 0.5) is 39.9 Å². The van der Waals surface area contributed by atoms with E-state index in [-0.39, 0.29) is 23.7 Å². The standard InChI is InChI=1S/C36H32N6/c1-36-21-20-24-12-6-8-16-27(24)42-33-31(22-37-23-38-33)39(2)34(42)32(36)35-40(25-13-4-3-5-14-25)29-18-10-11-19-30(29)41(35)28-17-9-7-15-26(28)36/h3-19,22-23,32,34-35H,20-21H2,1-2H3. The monoisotopic (exact) mass is 548 g/mol. The van der Waals surface area contributed by atoms with Crippen LogP contribution in [0.3, 0.4) is 0 Å². The maximum Gasteiger partial charge on any atom is 0.161 e. The lowest BCUT2D eigenvalue weighted by Crippen LogP contribution is -2.65. The first-order valence-electron chi connectivity index (χ1n) is 14.9. The summed E-state index contributed by atoms with van der Waals surface area (Å²) in [5, 5.41) is 0. The lowest BCUT2D eigenvalue weighted by Gasteiger charge is -2.57. The minimum atomic E-state index is -0.132. The summed E-state index contributed by atoms with van der Waals surface area (Å²) in [4.78, 5) is 19.6. The molecule has 0 spiro atoms. The largest absolute Gasteiger partial charge is 0.349 e. The van der Waals surface area contributed by atoms with Gasteiger partial charge in [0, 0.05) is 35.4 Å². The molecule has 0 saturated carbocycles. The Hall–Kier alpha value is -4.84. The van der Waals surface area contributed by atoms with Gasteiger partial charge in [-0.25, -0.2) is 9.97 Å². The van der Waals surface area contributed by atoms with Gasteiger partial charge in [0.2, 0.25) is 0 Å². The Balaban J connectivity index is 1.37. The summed E-state index contributed by atoms with van der Waals surface area (Å²) in [5.41, 5.74) is 10.0. The van der Waals surface area contributed by atoms with E-state index in [1.54, 1.807) is 6.33 Å². The molecule has 1 aromatic heterocycles. The Morgan fingerprint density at radius 3 is 2.14 bits per heavy atom. The predicted molar refractivity (Wildman–Crippen MR) is 169 cm³/mol. The maximum atomic E-state index is 4.92. The molecule has 6 nitrogen and oxygen atoms in total. The number of nitrogens with zero attached hydrogens (tertiary/aromatic N) is 6. The van der Waals surface area contributed by atoms with Gasteiger partial charge in [-0.05, 0) is 60.4 Å². The summed E-state index contributed by atoms with van der Waals surface area (Å²) in [6.45, 7) is 2.52. The summed E-state index contributed by atoms with van der Waals surface area (Å²) in [5.74, 6) is 1.16. The molecule has 4 unspecified atom stereocenters. The maximum absolute atomic E-state index is 4.92. The van der Waals surface area contributed by atoms with Crippen LogP contribution in [0, 0.1) is 5.92 Å². The van der Waals surface area contributed by atoms with Crippen LogP contribution in [0.1, 0.15) is 24.5 Å². The molecular weight excluding hydrogens is 516 g/mol. The number of hydrogen-bond acceptors (Lipinski definition) is 6. The zero-order valence-electron chi connectivity index (χ0n) is 23.8. The summed E-state index contributed by atoms with van der Waals surface area (Å²) < 4.78 is 0. The van der Waals surface area contributed by atoms with Crippen molar-refractivity contribution in [2.75, 3.05) is 26.6 Å². The first kappa shape index (κ1) is 23.8. The van der Waals surface area contributed by atoms with E-state index in [0.717, 1.165) is 24.3 Å². The zero-order chi connectivity index (χ0) is 28.0. The van der Waals surface area contributed by atoms with Crippen molar-refractivity contribution in [2.45, 2.75) is 37.5 Å². The molecule has 42 heavy (non-hydrogen) atoms. The summed E-state index contributed by atoms with van der Waals surface area (Å²) in [6, 6.07) is 37.9. The molecule has 4 aliphatic heterocycles. The topological polar surface area (TPSA) is 38.7 Å². The SMILES string of the molecule is CN1c2cncnc2N2c3ccccc3CCC3(C)c4ccccc4N4c5ccccc5N(c5ccccc5)C4C3C12. The van der Waals surface area contributed by atoms with E-state index in [2.05, 4.69) is 142 Å². The van der Waals surface area contributed by atoms with Gasteiger partial charge in [0.1, 0.15) is 24.3 Å². The Morgan fingerprint density at radius 2 is 1.33 bits per heavy atom. The average molecular weight is 549 g/mol. The molecule has 0 amide bonds. The van der Waals surface area contributed by atoms with Crippen molar-refractivity contribution in [1.29, 1.82) is 0 Å². The molecule has 0 aliphatic carbocycles. The Labute approximate surface area is 246 Å². The van der Waals surface area contributed by atoms with E-state index in [4.69, 9.17) is 4.98 Å². The second kappa shape index (κ2) is 8.58. The fourth-order valence-electron chi connectivity index (χ4n) is 8.41. The van der Waals surface area contributed by atoms with Crippen molar-refractivity contribution in [2.24, 2.45) is 5.92 Å². The van der Waals surface area contributed by atoms with E-state index >= 15 is 0 Å². The number of para-hydroxylation sites is 5. The number of hydrogen-bond donors (Lipinski definition) is 0. The molecule has 0 radical (unpaired) electrons. The van der Waals surface area contributed by atoms with Crippen molar-refractivity contribution < 1.29 is 0 Å². The normalized spacial score (nSPS) is 24.9. The highest BCUT2D eigenvalue weighted by Gasteiger charge is 2.61. The number of benzene rings is 4. The highest BCUT2D eigenvalue weighted by molar-refractivity contribution is 5.91. The van der Waals surface area contributed by atoms with E-state index in [1.165, 1.54) is 39.6 Å². The number of anilines is 7. The second-order valence-electron chi connectivity index (χ2n) is 12.2. The molecule has 5 aromatic rings. The van der Waals surface area contributed by atoms with Crippen LogP contribution < -0.4 is 19.6 Å². The quantitative estimate of drug-likeness (QED) is 0.216. The summed E-state index contributed by atoms with van der Waals surface area (Å²) in [7, 11) is 2.23. The van der Waals surface area contributed by atoms with E-state index in [1.807, 2.05) is 6.20 Å². The second-order valence-corrected chi connectivity index (χ2v) is 12.2. The van der Waals surface area contributed by atoms with Gasteiger partial charge in [0.05, 0.1) is 17.6 Å². The molecule has 0 bridgehead atoms. The van der Waals surface area contributed by atoms with Gasteiger partial charge in [-0.2, -0.15) is 0 Å². The number of aryl methyl sites for hydroxylation is 1. The lowest BCUT2D eigenvalue weighted by molar-refractivity contribution is 0.184. The third kappa shape index (κ3) is 2.99. The third-order valence-corrected chi connectivity index (χ3v) is 10.2. The molecule has 4 atom stereocenters. The third-order valence-electron chi connectivity index (χ3n) is 10.2. The molecule has 0 fully saturated rings. The van der Waals surface area contributed by atoms with Crippen molar-refractivity contribution in [3.63, 3.8) is 0 Å². The Bertz CT molecular complexity index is 1840. The van der Waals surface area contributed by atoms with Crippen molar-refractivity contribution in [1.82, 2.24) is 9.97 Å². The predicted octanol–water partition coefficient (Wildman–Crippen LogP) is 7.54. The van der Waals surface area contributed by atoms with Gasteiger partial charge in [-0.1, -0.05) is 73.7 Å². The minimum Gasteiger partial charge on any atom is -0.349 e. The van der Waals surface area contributed by atoms with E-state index < -0.39 is 0 Å². The Kier molecular flexibility index (Phi) is 4.87. The number of rotatable bonds is 1.